The van der Waals surface area contributed by atoms with Gasteiger partial charge in [-0.05, 0) is 38.5 Å². The van der Waals surface area contributed by atoms with E-state index in [0.29, 0.717) is 0 Å². The maximum absolute atomic E-state index is 11.7. The summed E-state index contributed by atoms with van der Waals surface area (Å²) in [6.07, 6.45) is 5.17. The maximum atomic E-state index is 11.7. The van der Waals surface area contributed by atoms with Gasteiger partial charge in [-0.25, -0.2) is 9.97 Å². The minimum atomic E-state index is 0.140. The van der Waals surface area contributed by atoms with Gasteiger partial charge in [-0.2, -0.15) is 0 Å². The summed E-state index contributed by atoms with van der Waals surface area (Å²) < 4.78 is 5.43. The van der Waals surface area contributed by atoms with Crippen molar-refractivity contribution in [3.63, 3.8) is 0 Å². The highest BCUT2D eigenvalue weighted by molar-refractivity contribution is 5.73. The SMILES string of the molecule is CC(=O)N1CCc2nc(C)nc(NCCC[C@@H]3CCOC3)c2CC1. The van der Waals surface area contributed by atoms with E-state index in [0.717, 1.165) is 75.4 Å². The van der Waals surface area contributed by atoms with Gasteiger partial charge in [-0.3, -0.25) is 4.79 Å². The van der Waals surface area contributed by atoms with Crippen LogP contribution in [-0.4, -0.2) is 53.6 Å². The van der Waals surface area contributed by atoms with Crippen LogP contribution in [0.4, 0.5) is 5.82 Å². The van der Waals surface area contributed by atoms with Crippen LogP contribution >= 0.6 is 0 Å². The lowest BCUT2D eigenvalue weighted by molar-refractivity contribution is -0.128. The van der Waals surface area contributed by atoms with Crippen molar-refractivity contribution in [2.45, 2.75) is 46.0 Å². The van der Waals surface area contributed by atoms with Crippen molar-refractivity contribution >= 4 is 11.7 Å². The Balaban J connectivity index is 1.61. The molecule has 0 aromatic carbocycles. The first-order valence-corrected chi connectivity index (χ1v) is 9.07. The minimum Gasteiger partial charge on any atom is -0.381 e. The van der Waals surface area contributed by atoms with Gasteiger partial charge in [-0.15, -0.1) is 0 Å². The first-order chi connectivity index (χ1) is 11.6. The molecule has 132 valence electrons. The molecule has 0 saturated carbocycles. The molecule has 3 rings (SSSR count). The lowest BCUT2D eigenvalue weighted by Crippen LogP contribution is -2.31. The highest BCUT2D eigenvalue weighted by Crippen LogP contribution is 2.22. The van der Waals surface area contributed by atoms with E-state index in [4.69, 9.17) is 4.74 Å². The predicted molar refractivity (Wildman–Crippen MR) is 93.1 cm³/mol. The first-order valence-electron chi connectivity index (χ1n) is 9.07. The molecule has 1 fully saturated rings. The van der Waals surface area contributed by atoms with Gasteiger partial charge in [0.25, 0.3) is 0 Å². The fourth-order valence-electron chi connectivity index (χ4n) is 3.59. The molecule has 1 amide bonds. The number of nitrogens with one attached hydrogen (secondary N) is 1. The maximum Gasteiger partial charge on any atom is 0.219 e. The number of ether oxygens (including phenoxy) is 1. The van der Waals surface area contributed by atoms with Crippen LogP contribution in [0.2, 0.25) is 0 Å². The molecule has 24 heavy (non-hydrogen) atoms. The third kappa shape index (κ3) is 4.23. The van der Waals surface area contributed by atoms with Gasteiger partial charge in [0.2, 0.25) is 5.91 Å². The Morgan fingerprint density at radius 3 is 2.92 bits per heavy atom. The van der Waals surface area contributed by atoms with E-state index in [1.807, 2.05) is 11.8 Å². The summed E-state index contributed by atoms with van der Waals surface area (Å²) in [5.41, 5.74) is 2.28. The zero-order valence-electron chi connectivity index (χ0n) is 14.8. The van der Waals surface area contributed by atoms with Crippen LogP contribution in [0.25, 0.3) is 0 Å². The Kier molecular flexibility index (Phi) is 5.66. The van der Waals surface area contributed by atoms with Crippen LogP contribution in [-0.2, 0) is 22.4 Å². The second-order valence-electron chi connectivity index (χ2n) is 6.85. The van der Waals surface area contributed by atoms with Crippen molar-refractivity contribution in [1.29, 1.82) is 0 Å². The van der Waals surface area contributed by atoms with Crippen LogP contribution in [0, 0.1) is 12.8 Å². The number of aromatic nitrogens is 2. The molecule has 0 radical (unpaired) electrons. The molecule has 6 nitrogen and oxygen atoms in total. The number of nitrogens with zero attached hydrogens (tertiary/aromatic N) is 3. The third-order valence-electron chi connectivity index (χ3n) is 5.01. The van der Waals surface area contributed by atoms with Crippen molar-refractivity contribution in [2.75, 3.05) is 38.2 Å². The molecular formula is C18H28N4O2. The van der Waals surface area contributed by atoms with Gasteiger partial charge in [0, 0.05) is 51.8 Å². The van der Waals surface area contributed by atoms with Gasteiger partial charge in [0.05, 0.1) is 5.69 Å². The number of carbonyl (C=O) groups is 1. The molecule has 0 spiro atoms. The fourth-order valence-corrected chi connectivity index (χ4v) is 3.59. The Morgan fingerprint density at radius 1 is 1.33 bits per heavy atom. The largest absolute Gasteiger partial charge is 0.381 e. The molecule has 2 aliphatic heterocycles. The number of rotatable bonds is 5. The average molecular weight is 332 g/mol. The number of carbonyl (C=O) groups excluding carboxylic acids is 1. The molecular weight excluding hydrogens is 304 g/mol. The Labute approximate surface area is 144 Å². The van der Waals surface area contributed by atoms with E-state index in [-0.39, 0.29) is 5.91 Å². The van der Waals surface area contributed by atoms with E-state index in [2.05, 4.69) is 15.3 Å². The predicted octanol–water partition coefficient (Wildman–Crippen LogP) is 1.96. The second-order valence-corrected chi connectivity index (χ2v) is 6.85. The van der Waals surface area contributed by atoms with Crippen molar-refractivity contribution in [2.24, 2.45) is 5.92 Å². The summed E-state index contributed by atoms with van der Waals surface area (Å²) in [7, 11) is 0. The summed E-state index contributed by atoms with van der Waals surface area (Å²) in [6, 6.07) is 0. The van der Waals surface area contributed by atoms with E-state index in [1.54, 1.807) is 6.92 Å². The molecule has 2 aliphatic rings. The van der Waals surface area contributed by atoms with Crippen molar-refractivity contribution < 1.29 is 9.53 Å². The summed E-state index contributed by atoms with van der Waals surface area (Å²) in [4.78, 5) is 22.8. The Morgan fingerprint density at radius 2 is 2.17 bits per heavy atom. The molecule has 1 aromatic rings. The Hall–Kier alpha value is -1.69. The van der Waals surface area contributed by atoms with Crippen LogP contribution in [0.5, 0.6) is 0 Å². The van der Waals surface area contributed by atoms with Crippen LogP contribution in [0.15, 0.2) is 0 Å². The molecule has 6 heteroatoms. The third-order valence-corrected chi connectivity index (χ3v) is 5.01. The molecule has 0 bridgehead atoms. The number of anilines is 1. The smallest absolute Gasteiger partial charge is 0.219 e. The number of hydrogen-bond acceptors (Lipinski definition) is 5. The van der Waals surface area contributed by atoms with E-state index < -0.39 is 0 Å². The van der Waals surface area contributed by atoms with Crippen LogP contribution < -0.4 is 5.32 Å². The van der Waals surface area contributed by atoms with Gasteiger partial charge in [-0.1, -0.05) is 0 Å². The van der Waals surface area contributed by atoms with Gasteiger partial charge >= 0.3 is 0 Å². The van der Waals surface area contributed by atoms with Gasteiger partial charge in [0.15, 0.2) is 0 Å². The monoisotopic (exact) mass is 332 g/mol. The highest BCUT2D eigenvalue weighted by Gasteiger charge is 2.21. The van der Waals surface area contributed by atoms with E-state index in [9.17, 15) is 4.79 Å². The average Bonchev–Trinajstić information content (AvgIpc) is 2.96. The topological polar surface area (TPSA) is 67.4 Å². The van der Waals surface area contributed by atoms with Crippen molar-refractivity contribution in [1.82, 2.24) is 14.9 Å². The molecule has 1 aromatic heterocycles. The number of hydrogen-bond donors (Lipinski definition) is 1. The standard InChI is InChI=1S/C18H28N4O2/c1-13-20-17-6-10-22(14(2)23)9-5-16(17)18(21-13)19-8-3-4-15-7-11-24-12-15/h15H,3-12H2,1-2H3,(H,19,20,21)/t15-/m1/s1. The van der Waals surface area contributed by atoms with E-state index in [1.165, 1.54) is 18.4 Å². The molecule has 1 atom stereocenters. The lowest BCUT2D eigenvalue weighted by atomic mass is 10.0. The lowest BCUT2D eigenvalue weighted by Gasteiger charge is -2.17. The number of amides is 1. The normalized spacial score (nSPS) is 20.6. The molecule has 1 N–H and O–H groups in total. The van der Waals surface area contributed by atoms with Gasteiger partial charge in [0.1, 0.15) is 11.6 Å². The molecule has 0 aliphatic carbocycles. The van der Waals surface area contributed by atoms with E-state index >= 15 is 0 Å². The zero-order chi connectivity index (χ0) is 16.9. The summed E-state index contributed by atoms with van der Waals surface area (Å²) >= 11 is 0. The van der Waals surface area contributed by atoms with Crippen molar-refractivity contribution in [3.8, 4) is 0 Å². The van der Waals surface area contributed by atoms with Crippen molar-refractivity contribution in [3.05, 3.63) is 17.1 Å². The van der Waals surface area contributed by atoms with Gasteiger partial charge < -0.3 is 15.0 Å². The molecule has 0 unspecified atom stereocenters. The minimum absolute atomic E-state index is 0.140. The number of fused-ring (bicyclic) bond motifs is 1. The van der Waals surface area contributed by atoms with Crippen LogP contribution in [0.3, 0.4) is 0 Å². The first kappa shape index (κ1) is 17.1. The Bertz CT molecular complexity index is 585. The summed E-state index contributed by atoms with van der Waals surface area (Å²) in [6.45, 7) is 7.85. The molecule has 3 heterocycles. The highest BCUT2D eigenvalue weighted by atomic mass is 16.5. The fraction of sp³-hybridized carbons (Fsp3) is 0.722. The summed E-state index contributed by atoms with van der Waals surface area (Å²) in [5, 5.41) is 3.51. The number of aryl methyl sites for hydroxylation is 1. The quantitative estimate of drug-likeness (QED) is 0.835. The zero-order valence-corrected chi connectivity index (χ0v) is 14.8. The summed E-state index contributed by atoms with van der Waals surface area (Å²) in [5.74, 6) is 2.63. The molecule has 1 saturated heterocycles. The second kappa shape index (κ2) is 7.92. The van der Waals surface area contributed by atoms with Crippen LogP contribution in [0.1, 0.15) is 43.3 Å².